The molecule has 2 aromatic rings. The molecule has 0 spiro atoms. The predicted molar refractivity (Wildman–Crippen MR) is 65.2 cm³/mol. The molecule has 0 aliphatic carbocycles. The summed E-state index contributed by atoms with van der Waals surface area (Å²) in [6.07, 6.45) is 2.39. The Labute approximate surface area is 85.9 Å². The second-order valence-corrected chi connectivity index (χ2v) is 3.98. The highest BCUT2D eigenvalue weighted by molar-refractivity contribution is 6.38. The molecule has 0 radical (unpaired) electrons. The number of aryl methyl sites for hydroxylation is 2. The number of fused-ring (bicyclic) bond motifs is 1. The minimum atomic E-state index is 1.18. The Morgan fingerprint density at radius 1 is 1.36 bits per heavy atom. The van der Waals surface area contributed by atoms with Gasteiger partial charge in [0.05, 0.1) is 0 Å². The van der Waals surface area contributed by atoms with Gasteiger partial charge >= 0.3 is 0 Å². The standard InChI is InChI=1S/C12H16BN/c1-3-5-9-8(2)14-12-10(9)6-4-7-11(12)13/h4,6-7,14H,3,5,13H2,1-2H3. The first kappa shape index (κ1) is 9.38. The van der Waals surface area contributed by atoms with Crippen molar-refractivity contribution in [3.8, 4) is 0 Å². The molecule has 0 atom stereocenters. The Hall–Kier alpha value is -1.18. The van der Waals surface area contributed by atoms with Crippen molar-refractivity contribution in [2.24, 2.45) is 0 Å². The minimum Gasteiger partial charge on any atom is -0.359 e. The summed E-state index contributed by atoms with van der Waals surface area (Å²) in [4.78, 5) is 3.48. The van der Waals surface area contributed by atoms with Crippen LogP contribution in [0.2, 0.25) is 0 Å². The van der Waals surface area contributed by atoms with Gasteiger partial charge in [-0.1, -0.05) is 37.0 Å². The summed E-state index contributed by atoms with van der Waals surface area (Å²) in [6.45, 7) is 4.40. The maximum Gasteiger partial charge on any atom is 0.142 e. The molecular formula is C12H16BN. The molecule has 0 fully saturated rings. The van der Waals surface area contributed by atoms with Crippen LogP contribution in [-0.4, -0.2) is 12.8 Å². The van der Waals surface area contributed by atoms with Crippen molar-refractivity contribution in [1.82, 2.24) is 4.98 Å². The number of rotatable bonds is 2. The van der Waals surface area contributed by atoms with Crippen LogP contribution in [0.4, 0.5) is 0 Å². The van der Waals surface area contributed by atoms with Crippen LogP contribution in [0.5, 0.6) is 0 Å². The highest BCUT2D eigenvalue weighted by atomic mass is 14.7. The van der Waals surface area contributed by atoms with Gasteiger partial charge in [0.2, 0.25) is 0 Å². The molecule has 0 unspecified atom stereocenters. The molecule has 2 rings (SSSR count). The van der Waals surface area contributed by atoms with Crippen molar-refractivity contribution < 1.29 is 0 Å². The second kappa shape index (κ2) is 3.53. The van der Waals surface area contributed by atoms with E-state index in [0.29, 0.717) is 0 Å². The van der Waals surface area contributed by atoms with Crippen LogP contribution in [0.15, 0.2) is 18.2 Å². The Morgan fingerprint density at radius 3 is 2.86 bits per heavy atom. The molecule has 1 heterocycles. The quantitative estimate of drug-likeness (QED) is 0.685. The lowest BCUT2D eigenvalue weighted by molar-refractivity contribution is 0.918. The van der Waals surface area contributed by atoms with Crippen LogP contribution in [0.25, 0.3) is 10.9 Å². The zero-order valence-electron chi connectivity index (χ0n) is 9.15. The fourth-order valence-corrected chi connectivity index (χ4v) is 2.12. The molecule has 0 saturated carbocycles. The van der Waals surface area contributed by atoms with E-state index >= 15 is 0 Å². The van der Waals surface area contributed by atoms with Gasteiger partial charge in [0.25, 0.3) is 0 Å². The van der Waals surface area contributed by atoms with Crippen LogP contribution < -0.4 is 5.46 Å². The SMILES string of the molecule is Bc1cccc2c(CCC)c(C)[nH]c12. The molecular weight excluding hydrogens is 169 g/mol. The third-order valence-corrected chi connectivity index (χ3v) is 2.86. The lowest BCUT2D eigenvalue weighted by Crippen LogP contribution is -2.02. The van der Waals surface area contributed by atoms with Crippen molar-refractivity contribution >= 4 is 24.2 Å². The summed E-state index contributed by atoms with van der Waals surface area (Å²) >= 11 is 0. The zero-order chi connectivity index (χ0) is 10.1. The maximum atomic E-state index is 3.48. The van der Waals surface area contributed by atoms with Crippen LogP contribution in [-0.2, 0) is 6.42 Å². The predicted octanol–water partition coefficient (Wildman–Crippen LogP) is 1.69. The first-order valence-electron chi connectivity index (χ1n) is 5.30. The number of benzene rings is 1. The zero-order valence-corrected chi connectivity index (χ0v) is 9.15. The van der Waals surface area contributed by atoms with E-state index in [1.54, 1.807) is 0 Å². The highest BCUT2D eigenvalue weighted by Crippen LogP contribution is 2.21. The van der Waals surface area contributed by atoms with E-state index in [4.69, 9.17) is 0 Å². The number of nitrogens with one attached hydrogen (secondary N) is 1. The molecule has 2 heteroatoms. The third kappa shape index (κ3) is 1.35. The normalized spacial score (nSPS) is 11.0. The molecule has 72 valence electrons. The number of hydrogen-bond acceptors (Lipinski definition) is 0. The largest absolute Gasteiger partial charge is 0.359 e. The third-order valence-electron chi connectivity index (χ3n) is 2.86. The van der Waals surface area contributed by atoms with E-state index in [1.165, 1.54) is 40.5 Å². The summed E-state index contributed by atoms with van der Waals surface area (Å²) in [6, 6.07) is 6.52. The van der Waals surface area contributed by atoms with Gasteiger partial charge in [-0.2, -0.15) is 0 Å². The number of aromatic amines is 1. The van der Waals surface area contributed by atoms with E-state index in [9.17, 15) is 0 Å². The maximum absolute atomic E-state index is 3.48. The van der Waals surface area contributed by atoms with Gasteiger partial charge in [-0.25, -0.2) is 0 Å². The fraction of sp³-hybridized carbons (Fsp3) is 0.333. The molecule has 14 heavy (non-hydrogen) atoms. The minimum absolute atomic E-state index is 1.18. The van der Waals surface area contributed by atoms with Crippen LogP contribution >= 0.6 is 0 Å². The first-order valence-corrected chi connectivity index (χ1v) is 5.30. The molecule has 0 aliphatic heterocycles. The van der Waals surface area contributed by atoms with E-state index in [2.05, 4.69) is 44.9 Å². The fourth-order valence-electron chi connectivity index (χ4n) is 2.12. The van der Waals surface area contributed by atoms with E-state index < -0.39 is 0 Å². The van der Waals surface area contributed by atoms with Crippen molar-refractivity contribution in [3.05, 3.63) is 29.5 Å². The second-order valence-electron chi connectivity index (χ2n) is 3.98. The summed E-state index contributed by atoms with van der Waals surface area (Å²) in [5.41, 5.74) is 5.48. The van der Waals surface area contributed by atoms with E-state index in [-0.39, 0.29) is 0 Å². The van der Waals surface area contributed by atoms with E-state index in [0.717, 1.165) is 0 Å². The van der Waals surface area contributed by atoms with E-state index in [1.807, 2.05) is 0 Å². The number of hydrogen-bond donors (Lipinski definition) is 1. The average Bonchev–Trinajstić information content (AvgIpc) is 2.47. The first-order chi connectivity index (χ1) is 6.74. The van der Waals surface area contributed by atoms with Crippen molar-refractivity contribution in [3.63, 3.8) is 0 Å². The summed E-state index contributed by atoms with van der Waals surface area (Å²) in [5.74, 6) is 0. The molecule has 1 aromatic carbocycles. The number of para-hydroxylation sites is 1. The Balaban J connectivity index is 2.70. The van der Waals surface area contributed by atoms with Crippen LogP contribution in [0.3, 0.4) is 0 Å². The Morgan fingerprint density at radius 2 is 2.14 bits per heavy atom. The smallest absolute Gasteiger partial charge is 0.142 e. The highest BCUT2D eigenvalue weighted by Gasteiger charge is 2.07. The van der Waals surface area contributed by atoms with Gasteiger partial charge in [0.15, 0.2) is 0 Å². The van der Waals surface area contributed by atoms with Crippen molar-refractivity contribution in [2.75, 3.05) is 0 Å². The summed E-state index contributed by atoms with van der Waals surface area (Å²) in [5, 5.41) is 1.41. The van der Waals surface area contributed by atoms with Crippen molar-refractivity contribution in [2.45, 2.75) is 26.7 Å². The molecule has 1 nitrogen and oxygen atoms in total. The molecule has 1 aromatic heterocycles. The van der Waals surface area contributed by atoms with Gasteiger partial charge in [-0.05, 0) is 18.9 Å². The monoisotopic (exact) mass is 185 g/mol. The average molecular weight is 185 g/mol. The van der Waals surface area contributed by atoms with Crippen molar-refractivity contribution in [1.29, 1.82) is 0 Å². The lowest BCUT2D eigenvalue weighted by atomic mass is 9.93. The topological polar surface area (TPSA) is 15.8 Å². The van der Waals surface area contributed by atoms with Gasteiger partial charge < -0.3 is 4.98 Å². The molecule has 0 bridgehead atoms. The Bertz CT molecular complexity index is 457. The van der Waals surface area contributed by atoms with Crippen LogP contribution in [0.1, 0.15) is 24.6 Å². The van der Waals surface area contributed by atoms with Gasteiger partial charge in [0, 0.05) is 16.6 Å². The number of aromatic nitrogens is 1. The molecule has 0 saturated heterocycles. The molecule has 0 amide bonds. The molecule has 1 N–H and O–H groups in total. The number of H-pyrrole nitrogens is 1. The summed E-state index contributed by atoms with van der Waals surface area (Å²) in [7, 11) is 2.16. The Kier molecular flexibility index (Phi) is 2.36. The van der Waals surface area contributed by atoms with Gasteiger partial charge in [-0.3, -0.25) is 0 Å². The van der Waals surface area contributed by atoms with Crippen LogP contribution in [0, 0.1) is 6.92 Å². The van der Waals surface area contributed by atoms with Gasteiger partial charge in [-0.15, -0.1) is 0 Å². The van der Waals surface area contributed by atoms with Gasteiger partial charge in [0.1, 0.15) is 7.85 Å². The molecule has 0 aliphatic rings. The lowest BCUT2D eigenvalue weighted by Gasteiger charge is -1.98. The summed E-state index contributed by atoms with van der Waals surface area (Å²) < 4.78 is 0.